The lowest BCUT2D eigenvalue weighted by Crippen LogP contribution is -2.43. The summed E-state index contributed by atoms with van der Waals surface area (Å²) in [4.78, 5) is 37.9. The van der Waals surface area contributed by atoms with Gasteiger partial charge in [-0.2, -0.15) is 0 Å². The van der Waals surface area contributed by atoms with Gasteiger partial charge in [-0.3, -0.25) is 14.5 Å². The number of benzene rings is 2. The monoisotopic (exact) mass is 422 g/mol. The first-order valence-corrected chi connectivity index (χ1v) is 9.14. The summed E-state index contributed by atoms with van der Waals surface area (Å²) in [5.41, 5.74) is 0.910. The molecule has 1 aliphatic heterocycles. The first-order valence-electron chi connectivity index (χ1n) is 8.38. The number of hydrogen-bond donors (Lipinski definition) is 1. The zero-order valence-corrected chi connectivity index (χ0v) is 16.3. The van der Waals surface area contributed by atoms with E-state index in [1.807, 2.05) is 0 Å². The highest BCUT2D eigenvalue weighted by atomic mass is 35.5. The number of nitrogens with one attached hydrogen (secondary N) is 1. The molecule has 2 aromatic carbocycles. The summed E-state index contributed by atoms with van der Waals surface area (Å²) < 4.78 is 10.3. The van der Waals surface area contributed by atoms with Crippen molar-refractivity contribution in [2.45, 2.75) is 6.92 Å². The molecule has 1 heterocycles. The number of fused-ring (bicyclic) bond motifs is 1. The van der Waals surface area contributed by atoms with Gasteiger partial charge in [0.1, 0.15) is 12.3 Å². The molecule has 28 heavy (non-hydrogen) atoms. The summed E-state index contributed by atoms with van der Waals surface area (Å²) >= 11 is 12.0. The average molecular weight is 423 g/mol. The summed E-state index contributed by atoms with van der Waals surface area (Å²) in [5, 5.41) is 3.27. The molecule has 0 saturated heterocycles. The van der Waals surface area contributed by atoms with Crippen LogP contribution in [0.4, 0.5) is 11.4 Å². The van der Waals surface area contributed by atoms with Crippen LogP contribution in [0.5, 0.6) is 5.75 Å². The second-order valence-corrected chi connectivity index (χ2v) is 6.69. The van der Waals surface area contributed by atoms with E-state index in [4.69, 9.17) is 32.7 Å². The highest BCUT2D eigenvalue weighted by Crippen LogP contribution is 2.34. The molecule has 9 heteroatoms. The third-order valence-corrected chi connectivity index (χ3v) is 4.48. The van der Waals surface area contributed by atoms with Crippen LogP contribution < -0.4 is 15.0 Å². The zero-order chi connectivity index (χ0) is 20.3. The molecular weight excluding hydrogens is 407 g/mol. The molecule has 1 N–H and O–H groups in total. The molecule has 0 saturated carbocycles. The molecule has 0 atom stereocenters. The van der Waals surface area contributed by atoms with E-state index in [0.717, 1.165) is 0 Å². The predicted octanol–water partition coefficient (Wildman–Crippen LogP) is 3.53. The summed E-state index contributed by atoms with van der Waals surface area (Å²) in [6.45, 7) is 1.47. The number of rotatable bonds is 5. The van der Waals surface area contributed by atoms with Gasteiger partial charge >= 0.3 is 5.97 Å². The molecule has 3 rings (SSSR count). The molecular formula is C19H16Cl2N2O5. The Balaban J connectivity index is 1.76. The summed E-state index contributed by atoms with van der Waals surface area (Å²) in [6, 6.07) is 9.29. The summed E-state index contributed by atoms with van der Waals surface area (Å²) in [7, 11) is 0. The Hall–Kier alpha value is -2.77. The van der Waals surface area contributed by atoms with Crippen LogP contribution in [0.25, 0.3) is 0 Å². The van der Waals surface area contributed by atoms with Gasteiger partial charge in [-0.15, -0.1) is 0 Å². The molecule has 1 aliphatic rings. The fourth-order valence-electron chi connectivity index (χ4n) is 2.66. The molecule has 0 fully saturated rings. The lowest BCUT2D eigenvalue weighted by molar-refractivity contribution is -0.123. The van der Waals surface area contributed by atoms with Gasteiger partial charge in [0.25, 0.3) is 5.91 Å². The second-order valence-electron chi connectivity index (χ2n) is 5.84. The van der Waals surface area contributed by atoms with Crippen molar-refractivity contribution in [2.75, 3.05) is 30.0 Å². The number of halogens is 2. The molecule has 0 aliphatic carbocycles. The Morgan fingerprint density at radius 1 is 1.21 bits per heavy atom. The number of ether oxygens (including phenoxy) is 2. The van der Waals surface area contributed by atoms with E-state index in [-0.39, 0.29) is 36.3 Å². The van der Waals surface area contributed by atoms with Crippen LogP contribution in [-0.4, -0.2) is 37.5 Å². The highest BCUT2D eigenvalue weighted by Gasteiger charge is 2.27. The van der Waals surface area contributed by atoms with Gasteiger partial charge in [0.2, 0.25) is 5.91 Å². The van der Waals surface area contributed by atoms with Crippen LogP contribution in [0.3, 0.4) is 0 Å². The van der Waals surface area contributed by atoms with E-state index < -0.39 is 11.9 Å². The number of amides is 2. The van der Waals surface area contributed by atoms with Crippen LogP contribution in [0, 0.1) is 0 Å². The van der Waals surface area contributed by atoms with Gasteiger partial charge in [-0.25, -0.2) is 4.79 Å². The van der Waals surface area contributed by atoms with Gasteiger partial charge in [0.15, 0.2) is 6.61 Å². The molecule has 146 valence electrons. The van der Waals surface area contributed by atoms with Crippen LogP contribution in [0.15, 0.2) is 36.4 Å². The lowest BCUT2D eigenvalue weighted by atomic mass is 10.2. The zero-order valence-electron chi connectivity index (χ0n) is 14.8. The molecule has 0 unspecified atom stereocenters. The van der Waals surface area contributed by atoms with Gasteiger partial charge in [0.05, 0.1) is 22.9 Å². The third kappa shape index (κ3) is 4.37. The minimum absolute atomic E-state index is 0.140. The third-order valence-electron chi connectivity index (χ3n) is 3.91. The van der Waals surface area contributed by atoms with Crippen molar-refractivity contribution in [3.05, 3.63) is 52.0 Å². The number of nitrogens with zero attached hydrogens (tertiary/aromatic N) is 1. The number of carbonyl (C=O) groups is 3. The maximum atomic E-state index is 12.5. The number of carbonyl (C=O) groups excluding carboxylic acids is 3. The highest BCUT2D eigenvalue weighted by molar-refractivity contribution is 6.33. The Kier molecular flexibility index (Phi) is 6.06. The molecule has 7 nitrogen and oxygen atoms in total. The van der Waals surface area contributed by atoms with E-state index in [1.165, 1.54) is 17.0 Å². The van der Waals surface area contributed by atoms with Gasteiger partial charge < -0.3 is 14.8 Å². The van der Waals surface area contributed by atoms with Crippen molar-refractivity contribution in [1.29, 1.82) is 0 Å². The SMILES string of the molecule is CCOC(=O)c1cc(NC(=O)CN2C(=O)COc3ccc(Cl)cc32)ccc1Cl. The van der Waals surface area contributed by atoms with E-state index in [2.05, 4.69) is 5.32 Å². The molecule has 0 bridgehead atoms. The smallest absolute Gasteiger partial charge is 0.339 e. The molecule has 2 amide bonds. The number of hydrogen-bond acceptors (Lipinski definition) is 5. The van der Waals surface area contributed by atoms with Crippen LogP contribution >= 0.6 is 23.2 Å². The normalized spacial score (nSPS) is 12.8. The largest absolute Gasteiger partial charge is 0.482 e. The summed E-state index contributed by atoms with van der Waals surface area (Å²) in [5.74, 6) is -0.949. The summed E-state index contributed by atoms with van der Waals surface area (Å²) in [6.07, 6.45) is 0. The van der Waals surface area contributed by atoms with Crippen LogP contribution in [-0.2, 0) is 14.3 Å². The molecule has 0 spiro atoms. The maximum absolute atomic E-state index is 12.5. The van der Waals surface area contributed by atoms with E-state index in [1.54, 1.807) is 31.2 Å². The Labute approximate surface area is 171 Å². The van der Waals surface area contributed by atoms with Crippen molar-refractivity contribution in [1.82, 2.24) is 0 Å². The first kappa shape index (κ1) is 20.0. The van der Waals surface area contributed by atoms with Crippen molar-refractivity contribution in [2.24, 2.45) is 0 Å². The van der Waals surface area contributed by atoms with Crippen molar-refractivity contribution >= 4 is 52.4 Å². The topological polar surface area (TPSA) is 84.9 Å². The fraction of sp³-hybridized carbons (Fsp3) is 0.211. The Bertz CT molecular complexity index is 948. The first-order chi connectivity index (χ1) is 13.4. The predicted molar refractivity (Wildman–Crippen MR) is 105 cm³/mol. The van der Waals surface area contributed by atoms with Crippen molar-refractivity contribution < 1.29 is 23.9 Å². The van der Waals surface area contributed by atoms with Crippen molar-refractivity contribution in [3.63, 3.8) is 0 Å². The van der Waals surface area contributed by atoms with Crippen molar-refractivity contribution in [3.8, 4) is 5.75 Å². The number of anilines is 2. The lowest BCUT2D eigenvalue weighted by Gasteiger charge is -2.29. The van der Waals surface area contributed by atoms with E-state index in [9.17, 15) is 14.4 Å². The standard InChI is InChI=1S/C19H16Cl2N2O5/c1-2-27-19(26)13-8-12(4-5-14(13)21)22-17(24)9-23-15-7-11(20)3-6-16(15)28-10-18(23)25/h3-8H,2,9-10H2,1H3,(H,22,24). The molecule has 0 radical (unpaired) electrons. The average Bonchev–Trinajstić information content (AvgIpc) is 2.66. The minimum Gasteiger partial charge on any atom is -0.482 e. The van der Waals surface area contributed by atoms with Crippen LogP contribution in [0.1, 0.15) is 17.3 Å². The maximum Gasteiger partial charge on any atom is 0.339 e. The van der Waals surface area contributed by atoms with E-state index >= 15 is 0 Å². The minimum atomic E-state index is -0.587. The second kappa shape index (κ2) is 8.50. The Morgan fingerprint density at radius 3 is 2.75 bits per heavy atom. The fourth-order valence-corrected chi connectivity index (χ4v) is 3.02. The van der Waals surface area contributed by atoms with Gasteiger partial charge in [0, 0.05) is 10.7 Å². The van der Waals surface area contributed by atoms with Gasteiger partial charge in [-0.05, 0) is 43.3 Å². The quantitative estimate of drug-likeness (QED) is 0.744. The molecule has 0 aromatic heterocycles. The molecule has 2 aromatic rings. The Morgan fingerprint density at radius 2 is 2.00 bits per heavy atom. The number of esters is 1. The van der Waals surface area contributed by atoms with Gasteiger partial charge in [-0.1, -0.05) is 23.2 Å². The van der Waals surface area contributed by atoms with Crippen LogP contribution in [0.2, 0.25) is 10.0 Å². The van der Waals surface area contributed by atoms with E-state index in [0.29, 0.717) is 22.1 Å².